The molecule has 1 aromatic heterocycles. The van der Waals surface area contributed by atoms with Crippen LogP contribution in [0.3, 0.4) is 0 Å². The number of fused-ring (bicyclic) bond motifs is 2. The number of nitrogen functional groups attached to an aromatic ring is 1. The number of aliphatic hydroxyl groups excluding tert-OH is 1. The van der Waals surface area contributed by atoms with Crippen LogP contribution >= 0.6 is 0 Å². The second kappa shape index (κ2) is 3.46. The zero-order valence-electron chi connectivity index (χ0n) is 8.98. The Morgan fingerprint density at radius 2 is 2.12 bits per heavy atom. The lowest BCUT2D eigenvalue weighted by molar-refractivity contribution is 0.158. The first-order valence-corrected chi connectivity index (χ1v) is 5.60. The molecule has 0 fully saturated rings. The van der Waals surface area contributed by atoms with E-state index in [9.17, 15) is 5.11 Å². The second-order valence-electron chi connectivity index (χ2n) is 4.36. The van der Waals surface area contributed by atoms with Crippen LogP contribution in [0.5, 0.6) is 0 Å². The highest BCUT2D eigenvalue weighted by molar-refractivity contribution is 5.92. The summed E-state index contributed by atoms with van der Waals surface area (Å²) in [5.41, 5.74) is 9.99. The molecule has 0 saturated heterocycles. The maximum absolute atomic E-state index is 9.67. The topological polar surface area (TPSA) is 59.1 Å². The Labute approximate surface area is 93.9 Å². The molecule has 2 aromatic rings. The molecule has 16 heavy (non-hydrogen) atoms. The standard InChI is InChI=1S/C13H14N2O/c14-13-9-3-1-2-4-11(9)15-12-6-5-8(16)7-10(12)13/h1-4,8,16H,5-7H2,(H2,14,15). The smallest absolute Gasteiger partial charge is 0.0726 e. The summed E-state index contributed by atoms with van der Waals surface area (Å²) < 4.78 is 0. The van der Waals surface area contributed by atoms with Gasteiger partial charge in [0.05, 0.1) is 11.6 Å². The van der Waals surface area contributed by atoms with Gasteiger partial charge in [-0.1, -0.05) is 18.2 Å². The van der Waals surface area contributed by atoms with E-state index in [1.165, 1.54) is 0 Å². The van der Waals surface area contributed by atoms with Crippen LogP contribution in [0.25, 0.3) is 10.9 Å². The number of aryl methyl sites for hydroxylation is 1. The maximum Gasteiger partial charge on any atom is 0.0726 e. The van der Waals surface area contributed by atoms with E-state index in [-0.39, 0.29) is 6.10 Å². The summed E-state index contributed by atoms with van der Waals surface area (Å²) in [6, 6.07) is 7.90. The van der Waals surface area contributed by atoms with Gasteiger partial charge in [0.25, 0.3) is 0 Å². The third-order valence-electron chi connectivity index (χ3n) is 3.28. The molecule has 0 radical (unpaired) electrons. The van der Waals surface area contributed by atoms with Crippen LogP contribution in [-0.4, -0.2) is 16.2 Å². The molecular weight excluding hydrogens is 200 g/mol. The van der Waals surface area contributed by atoms with Crippen molar-refractivity contribution in [3.63, 3.8) is 0 Å². The van der Waals surface area contributed by atoms with E-state index < -0.39 is 0 Å². The lowest BCUT2D eigenvalue weighted by Gasteiger charge is -2.22. The molecule has 1 heterocycles. The quantitative estimate of drug-likeness (QED) is 0.701. The van der Waals surface area contributed by atoms with Crippen LogP contribution < -0.4 is 5.73 Å². The van der Waals surface area contributed by atoms with E-state index in [1.807, 2.05) is 24.3 Å². The summed E-state index contributed by atoms with van der Waals surface area (Å²) in [6.07, 6.45) is 1.99. The highest BCUT2D eigenvalue weighted by Gasteiger charge is 2.21. The normalized spacial score (nSPS) is 19.7. The van der Waals surface area contributed by atoms with Crippen LogP contribution in [-0.2, 0) is 12.8 Å². The van der Waals surface area contributed by atoms with Crippen molar-refractivity contribution < 1.29 is 5.11 Å². The van der Waals surface area contributed by atoms with Crippen LogP contribution in [0.2, 0.25) is 0 Å². The lowest BCUT2D eigenvalue weighted by atomic mass is 9.91. The monoisotopic (exact) mass is 214 g/mol. The molecule has 0 spiro atoms. The average Bonchev–Trinajstić information content (AvgIpc) is 2.31. The molecule has 82 valence electrons. The predicted molar refractivity (Wildman–Crippen MR) is 64.2 cm³/mol. The molecule has 0 aliphatic heterocycles. The minimum atomic E-state index is -0.266. The van der Waals surface area contributed by atoms with Gasteiger partial charge >= 0.3 is 0 Å². The van der Waals surface area contributed by atoms with Crippen LogP contribution in [0.4, 0.5) is 5.69 Å². The molecule has 0 bridgehead atoms. The minimum absolute atomic E-state index is 0.266. The van der Waals surface area contributed by atoms with Crippen molar-refractivity contribution in [3.05, 3.63) is 35.5 Å². The number of benzene rings is 1. The molecule has 1 unspecified atom stereocenters. The maximum atomic E-state index is 9.67. The average molecular weight is 214 g/mol. The van der Waals surface area contributed by atoms with Crippen molar-refractivity contribution in [3.8, 4) is 0 Å². The third-order valence-corrected chi connectivity index (χ3v) is 3.28. The number of aliphatic hydroxyl groups is 1. The molecule has 0 amide bonds. The summed E-state index contributed by atoms with van der Waals surface area (Å²) in [4.78, 5) is 4.62. The Morgan fingerprint density at radius 3 is 3.00 bits per heavy atom. The van der Waals surface area contributed by atoms with Crippen molar-refractivity contribution in [1.82, 2.24) is 4.98 Å². The van der Waals surface area contributed by atoms with Crippen molar-refractivity contribution in [2.75, 3.05) is 5.73 Å². The first-order valence-electron chi connectivity index (χ1n) is 5.60. The van der Waals surface area contributed by atoms with Crippen LogP contribution in [0.1, 0.15) is 17.7 Å². The number of pyridine rings is 1. The fourth-order valence-corrected chi connectivity index (χ4v) is 2.41. The number of aromatic nitrogens is 1. The summed E-state index contributed by atoms with van der Waals surface area (Å²) in [5, 5.41) is 10.7. The Balaban J connectivity index is 2.29. The van der Waals surface area contributed by atoms with Gasteiger partial charge in [0.2, 0.25) is 0 Å². The fraction of sp³-hybridized carbons (Fsp3) is 0.308. The van der Waals surface area contributed by atoms with E-state index >= 15 is 0 Å². The zero-order valence-corrected chi connectivity index (χ0v) is 8.98. The number of nitrogens with two attached hydrogens (primary N) is 1. The number of hydrogen-bond acceptors (Lipinski definition) is 3. The van der Waals surface area contributed by atoms with Gasteiger partial charge in [-0.2, -0.15) is 0 Å². The Bertz CT molecular complexity index is 551. The highest BCUT2D eigenvalue weighted by Crippen LogP contribution is 2.30. The molecular formula is C13H14N2O. The number of hydrogen-bond donors (Lipinski definition) is 2. The van der Waals surface area contributed by atoms with Gasteiger partial charge in [0.15, 0.2) is 0 Å². The van der Waals surface area contributed by atoms with Gasteiger partial charge in [0, 0.05) is 23.2 Å². The van der Waals surface area contributed by atoms with Gasteiger partial charge in [-0.25, -0.2) is 0 Å². The zero-order chi connectivity index (χ0) is 11.1. The summed E-state index contributed by atoms with van der Waals surface area (Å²) in [5.74, 6) is 0. The van der Waals surface area contributed by atoms with E-state index in [0.717, 1.165) is 40.7 Å². The molecule has 1 atom stereocenters. The predicted octanol–water partition coefficient (Wildman–Crippen LogP) is 1.67. The Morgan fingerprint density at radius 1 is 1.31 bits per heavy atom. The first-order chi connectivity index (χ1) is 7.75. The van der Waals surface area contributed by atoms with Gasteiger partial charge in [-0.05, 0) is 24.5 Å². The minimum Gasteiger partial charge on any atom is -0.398 e. The molecule has 3 nitrogen and oxygen atoms in total. The summed E-state index contributed by atoms with van der Waals surface area (Å²) >= 11 is 0. The molecule has 1 aliphatic carbocycles. The number of anilines is 1. The highest BCUT2D eigenvalue weighted by atomic mass is 16.3. The fourth-order valence-electron chi connectivity index (χ4n) is 2.41. The van der Waals surface area contributed by atoms with Crippen molar-refractivity contribution in [2.45, 2.75) is 25.4 Å². The van der Waals surface area contributed by atoms with E-state index in [1.54, 1.807) is 0 Å². The van der Waals surface area contributed by atoms with Crippen LogP contribution in [0, 0.1) is 0 Å². The molecule has 1 aliphatic rings. The number of para-hydroxylation sites is 1. The molecule has 3 N–H and O–H groups in total. The van der Waals surface area contributed by atoms with E-state index in [2.05, 4.69) is 4.98 Å². The SMILES string of the molecule is Nc1c2c(nc3ccccc13)CCC(O)C2. The summed E-state index contributed by atoms with van der Waals surface area (Å²) in [6.45, 7) is 0. The first kappa shape index (κ1) is 9.60. The van der Waals surface area contributed by atoms with Gasteiger partial charge in [-0.15, -0.1) is 0 Å². The van der Waals surface area contributed by atoms with Gasteiger partial charge in [0.1, 0.15) is 0 Å². The Hall–Kier alpha value is -1.61. The largest absolute Gasteiger partial charge is 0.398 e. The van der Waals surface area contributed by atoms with E-state index in [0.29, 0.717) is 6.42 Å². The lowest BCUT2D eigenvalue weighted by Crippen LogP contribution is -2.21. The van der Waals surface area contributed by atoms with Crippen molar-refractivity contribution >= 4 is 16.6 Å². The van der Waals surface area contributed by atoms with Gasteiger partial charge in [-0.3, -0.25) is 4.98 Å². The van der Waals surface area contributed by atoms with Crippen molar-refractivity contribution in [2.24, 2.45) is 0 Å². The molecule has 3 rings (SSSR count). The summed E-state index contributed by atoms with van der Waals surface area (Å²) in [7, 11) is 0. The van der Waals surface area contributed by atoms with Crippen LogP contribution in [0.15, 0.2) is 24.3 Å². The van der Waals surface area contributed by atoms with E-state index in [4.69, 9.17) is 5.73 Å². The molecule has 1 aromatic carbocycles. The third kappa shape index (κ3) is 1.36. The molecule has 0 saturated carbocycles. The second-order valence-corrected chi connectivity index (χ2v) is 4.36. The number of rotatable bonds is 0. The molecule has 3 heteroatoms. The van der Waals surface area contributed by atoms with Crippen molar-refractivity contribution in [1.29, 1.82) is 0 Å². The number of nitrogens with zero attached hydrogens (tertiary/aromatic N) is 1. The Kier molecular flexibility index (Phi) is 2.07. The van der Waals surface area contributed by atoms with Gasteiger partial charge < -0.3 is 10.8 Å².